The van der Waals surface area contributed by atoms with E-state index in [2.05, 4.69) is 53.8 Å². The molecule has 0 saturated heterocycles. The number of hydrogen-bond acceptors (Lipinski definition) is 4. The van der Waals surface area contributed by atoms with Crippen LogP contribution >= 0.6 is 0 Å². The Balaban J connectivity index is 1.60. The van der Waals surface area contributed by atoms with Crippen LogP contribution in [0.15, 0.2) is 24.3 Å². The highest BCUT2D eigenvalue weighted by Crippen LogP contribution is 2.26. The first-order chi connectivity index (χ1) is 12.7. The molecule has 1 fully saturated rings. The average molecular weight is 376 g/mol. The second-order valence-corrected chi connectivity index (χ2v) is 8.82. The molecule has 0 aliphatic heterocycles. The van der Waals surface area contributed by atoms with Crippen molar-refractivity contribution in [1.29, 1.82) is 0 Å². The molecule has 5 heteroatoms. The third kappa shape index (κ3) is 8.21. The number of anilines is 1. The summed E-state index contributed by atoms with van der Waals surface area (Å²) in [6.45, 7) is 10.3. The molecular weight excluding hydrogens is 338 g/mol. The van der Waals surface area contributed by atoms with Crippen LogP contribution in [0.1, 0.15) is 52.0 Å². The quantitative estimate of drug-likeness (QED) is 0.705. The Morgan fingerprint density at radius 3 is 2.33 bits per heavy atom. The molecule has 1 aromatic rings. The zero-order valence-corrected chi connectivity index (χ0v) is 17.7. The van der Waals surface area contributed by atoms with E-state index in [1.54, 1.807) is 0 Å². The van der Waals surface area contributed by atoms with Crippen LogP contribution in [-0.2, 0) is 4.74 Å². The summed E-state index contributed by atoms with van der Waals surface area (Å²) < 4.78 is 5.24. The van der Waals surface area contributed by atoms with E-state index in [-0.39, 0.29) is 6.09 Å². The van der Waals surface area contributed by atoms with Crippen LogP contribution in [0, 0.1) is 12.8 Å². The number of nitrogens with zero attached hydrogens (tertiary/aromatic N) is 1. The lowest BCUT2D eigenvalue weighted by atomic mass is 9.85. The number of carbonyl (C=O) groups excluding carboxylic acids is 1. The molecule has 1 aliphatic rings. The first-order valence-corrected chi connectivity index (χ1v) is 10.2. The third-order valence-corrected chi connectivity index (χ3v) is 5.08. The van der Waals surface area contributed by atoms with Crippen molar-refractivity contribution in [2.45, 2.75) is 65.0 Å². The normalized spacial score (nSPS) is 20.2. The highest BCUT2D eigenvalue weighted by Gasteiger charge is 2.22. The summed E-state index contributed by atoms with van der Waals surface area (Å²) in [5.41, 5.74) is 2.16. The minimum absolute atomic E-state index is 0.341. The van der Waals surface area contributed by atoms with Gasteiger partial charge in [-0.05, 0) is 71.4 Å². The van der Waals surface area contributed by atoms with Gasteiger partial charge in [0.15, 0.2) is 0 Å². The highest BCUT2D eigenvalue weighted by atomic mass is 16.6. The third-order valence-electron chi connectivity index (χ3n) is 5.08. The first-order valence-electron chi connectivity index (χ1n) is 10.2. The van der Waals surface area contributed by atoms with E-state index in [1.165, 1.54) is 36.9 Å². The molecule has 0 aromatic heterocycles. The Bertz CT molecular complexity index is 572. The maximum atomic E-state index is 11.6. The van der Waals surface area contributed by atoms with E-state index in [0.29, 0.717) is 12.6 Å². The molecule has 1 aromatic carbocycles. The van der Waals surface area contributed by atoms with Gasteiger partial charge < -0.3 is 20.3 Å². The Morgan fingerprint density at radius 2 is 1.74 bits per heavy atom. The topological polar surface area (TPSA) is 53.6 Å². The van der Waals surface area contributed by atoms with Crippen molar-refractivity contribution < 1.29 is 9.53 Å². The fourth-order valence-corrected chi connectivity index (χ4v) is 3.60. The number of rotatable bonds is 7. The van der Waals surface area contributed by atoms with Crippen molar-refractivity contribution in [2.24, 2.45) is 5.92 Å². The number of benzene rings is 1. The molecule has 5 nitrogen and oxygen atoms in total. The van der Waals surface area contributed by atoms with Crippen LogP contribution in [0.4, 0.5) is 10.5 Å². The minimum Gasteiger partial charge on any atom is -0.444 e. The number of carbonyl (C=O) groups is 1. The Kier molecular flexibility index (Phi) is 7.96. The average Bonchev–Trinajstić information content (AvgIpc) is 2.59. The molecule has 0 radical (unpaired) electrons. The van der Waals surface area contributed by atoms with Crippen LogP contribution in [0.2, 0.25) is 0 Å². The number of aryl methyl sites for hydroxylation is 1. The van der Waals surface area contributed by atoms with Gasteiger partial charge >= 0.3 is 6.09 Å². The maximum absolute atomic E-state index is 11.6. The molecule has 2 N–H and O–H groups in total. The van der Waals surface area contributed by atoms with Gasteiger partial charge in [-0.25, -0.2) is 4.79 Å². The summed E-state index contributed by atoms with van der Waals surface area (Å²) in [4.78, 5) is 14.0. The SMILES string of the molecule is Cc1ccc(N(C)CC2CCC(NCCNC(=O)OC(C)(C)C)CC2)cc1. The predicted molar refractivity (Wildman–Crippen MR) is 112 cm³/mol. The van der Waals surface area contributed by atoms with Gasteiger partial charge in [-0.1, -0.05) is 17.7 Å². The Labute approximate surface area is 164 Å². The minimum atomic E-state index is -0.443. The molecule has 0 unspecified atom stereocenters. The van der Waals surface area contributed by atoms with Crippen molar-refractivity contribution in [3.8, 4) is 0 Å². The molecule has 0 bridgehead atoms. The molecule has 1 saturated carbocycles. The molecule has 1 aliphatic carbocycles. The smallest absolute Gasteiger partial charge is 0.407 e. The van der Waals surface area contributed by atoms with Crippen LogP contribution in [0.3, 0.4) is 0 Å². The number of amides is 1. The summed E-state index contributed by atoms with van der Waals surface area (Å²) in [5.74, 6) is 0.759. The predicted octanol–water partition coefficient (Wildman–Crippen LogP) is 4.10. The van der Waals surface area contributed by atoms with E-state index in [4.69, 9.17) is 4.74 Å². The fourth-order valence-electron chi connectivity index (χ4n) is 3.60. The Hall–Kier alpha value is -1.75. The van der Waals surface area contributed by atoms with Gasteiger partial charge in [0.05, 0.1) is 0 Å². The second kappa shape index (κ2) is 9.98. The second-order valence-electron chi connectivity index (χ2n) is 8.82. The zero-order valence-electron chi connectivity index (χ0n) is 17.7. The molecule has 0 atom stereocenters. The standard InChI is InChI=1S/C22H37N3O2/c1-17-6-12-20(13-7-17)25(5)16-18-8-10-19(11-9-18)23-14-15-24-21(26)27-22(2,3)4/h6-7,12-13,18-19,23H,8-11,14-16H2,1-5H3,(H,24,26). The molecule has 27 heavy (non-hydrogen) atoms. The van der Waals surface area contributed by atoms with Gasteiger partial charge in [0.2, 0.25) is 0 Å². The van der Waals surface area contributed by atoms with Crippen molar-refractivity contribution in [3.05, 3.63) is 29.8 Å². The van der Waals surface area contributed by atoms with E-state index in [1.807, 2.05) is 20.8 Å². The molecule has 152 valence electrons. The summed E-state index contributed by atoms with van der Waals surface area (Å²) >= 11 is 0. The number of alkyl carbamates (subject to hydrolysis) is 1. The number of hydrogen-bond donors (Lipinski definition) is 2. The van der Waals surface area contributed by atoms with Crippen LogP contribution in [0.25, 0.3) is 0 Å². The van der Waals surface area contributed by atoms with Crippen molar-refractivity contribution in [2.75, 3.05) is 31.6 Å². The molecule has 0 heterocycles. The summed E-state index contributed by atoms with van der Waals surface area (Å²) in [7, 11) is 2.19. The van der Waals surface area contributed by atoms with E-state index in [9.17, 15) is 4.79 Å². The van der Waals surface area contributed by atoms with Gasteiger partial charge in [0.25, 0.3) is 0 Å². The maximum Gasteiger partial charge on any atom is 0.407 e. The first kappa shape index (κ1) is 21.5. The van der Waals surface area contributed by atoms with E-state index in [0.717, 1.165) is 19.0 Å². The van der Waals surface area contributed by atoms with Gasteiger partial charge in [-0.3, -0.25) is 0 Å². The monoisotopic (exact) mass is 375 g/mol. The van der Waals surface area contributed by atoms with Crippen molar-refractivity contribution >= 4 is 11.8 Å². The zero-order chi connectivity index (χ0) is 19.9. The fraction of sp³-hybridized carbons (Fsp3) is 0.682. The Morgan fingerprint density at radius 1 is 1.11 bits per heavy atom. The molecular formula is C22H37N3O2. The lowest BCUT2D eigenvalue weighted by Gasteiger charge is -2.32. The number of nitrogens with one attached hydrogen (secondary N) is 2. The summed E-state index contributed by atoms with van der Waals surface area (Å²) in [6, 6.07) is 9.34. The summed E-state index contributed by atoms with van der Waals surface area (Å²) in [5, 5.41) is 6.37. The lowest BCUT2D eigenvalue weighted by molar-refractivity contribution is 0.0527. The summed E-state index contributed by atoms with van der Waals surface area (Å²) in [6.07, 6.45) is 4.59. The van der Waals surface area contributed by atoms with Gasteiger partial charge in [-0.2, -0.15) is 0 Å². The molecule has 1 amide bonds. The molecule has 2 rings (SSSR count). The lowest BCUT2D eigenvalue weighted by Crippen LogP contribution is -2.41. The van der Waals surface area contributed by atoms with Crippen LogP contribution in [0.5, 0.6) is 0 Å². The molecule has 0 spiro atoms. The van der Waals surface area contributed by atoms with E-state index >= 15 is 0 Å². The van der Waals surface area contributed by atoms with Gasteiger partial charge in [-0.15, -0.1) is 0 Å². The van der Waals surface area contributed by atoms with Crippen LogP contribution in [-0.4, -0.2) is 44.4 Å². The largest absolute Gasteiger partial charge is 0.444 e. The highest BCUT2D eigenvalue weighted by molar-refractivity contribution is 5.67. The number of ether oxygens (including phenoxy) is 1. The van der Waals surface area contributed by atoms with E-state index < -0.39 is 5.60 Å². The van der Waals surface area contributed by atoms with Crippen molar-refractivity contribution in [3.63, 3.8) is 0 Å². The van der Waals surface area contributed by atoms with Crippen molar-refractivity contribution in [1.82, 2.24) is 10.6 Å². The van der Waals surface area contributed by atoms with Gasteiger partial charge in [0.1, 0.15) is 5.60 Å². The van der Waals surface area contributed by atoms with Gasteiger partial charge in [0, 0.05) is 38.4 Å². The van der Waals surface area contributed by atoms with Crippen LogP contribution < -0.4 is 15.5 Å².